The van der Waals surface area contributed by atoms with Crippen LogP contribution in [0.4, 0.5) is 0 Å². The fourth-order valence-corrected chi connectivity index (χ4v) is 5.95. The third kappa shape index (κ3) is 3.53. The van der Waals surface area contributed by atoms with Crippen molar-refractivity contribution in [3.8, 4) is 22.5 Å². The molecule has 0 spiro atoms. The van der Waals surface area contributed by atoms with Crippen molar-refractivity contribution in [2.75, 3.05) is 0 Å². The quantitative estimate of drug-likeness (QED) is 0.131. The highest BCUT2D eigenvalue weighted by Crippen LogP contribution is 2.37. The van der Waals surface area contributed by atoms with Gasteiger partial charge in [0.15, 0.2) is 0 Å². The highest BCUT2D eigenvalue weighted by Gasteiger charge is 2.20. The number of fused-ring (bicyclic) bond motifs is 5. The first-order chi connectivity index (χ1) is 19.3. The molecule has 0 radical (unpaired) electrons. The fourth-order valence-electron chi connectivity index (χ4n) is 5.95. The molecule has 0 atom stereocenters. The Morgan fingerprint density at radius 3 is 1.87 bits per heavy atom. The van der Waals surface area contributed by atoms with Crippen LogP contribution in [0.3, 0.4) is 0 Å². The summed E-state index contributed by atoms with van der Waals surface area (Å²) in [5.74, 6) is 0. The van der Waals surface area contributed by atoms with Gasteiger partial charge >= 0.3 is 0 Å². The molecule has 7 aromatic carbocycles. The van der Waals surface area contributed by atoms with Gasteiger partial charge in [-0.1, -0.05) is 83.5 Å². The van der Waals surface area contributed by atoms with Gasteiger partial charge in [0.1, 0.15) is 11.2 Å². The van der Waals surface area contributed by atoms with E-state index in [1.165, 1.54) is 54.3 Å². The van der Waals surface area contributed by atoms with Crippen LogP contribution in [-0.2, 0) is 0 Å². The lowest BCUT2D eigenvalue weighted by Crippen LogP contribution is -2.39. The topological polar surface area (TPSA) is 8.81 Å². The number of para-hydroxylation sites is 2. The molecule has 8 rings (SSSR count). The number of hydrogen-bond donors (Lipinski definition) is 0. The second-order valence-electron chi connectivity index (χ2n) is 10.1. The fraction of sp³-hybridized carbons (Fsp3) is 0. The summed E-state index contributed by atoms with van der Waals surface area (Å²) in [6.45, 7) is 0. The van der Waals surface area contributed by atoms with Gasteiger partial charge in [-0.3, -0.25) is 0 Å². The zero-order valence-corrected chi connectivity index (χ0v) is 21.3. The number of rotatable bonds is 3. The van der Waals surface area contributed by atoms with Crippen LogP contribution in [-0.4, -0.2) is 4.68 Å². The summed E-state index contributed by atoms with van der Waals surface area (Å²) >= 11 is 0. The number of nitrogens with zero attached hydrogens (tertiary/aromatic N) is 2. The highest BCUT2D eigenvalue weighted by atomic mass is 15.4. The highest BCUT2D eigenvalue weighted by molar-refractivity contribution is 6.16. The Hall–Kier alpha value is -5.21. The summed E-state index contributed by atoms with van der Waals surface area (Å²) in [5, 5.41) is 8.89. The molecule has 0 fully saturated rings. The minimum absolute atomic E-state index is 1.12. The van der Waals surface area contributed by atoms with Gasteiger partial charge in [0.2, 0.25) is 11.9 Å². The van der Waals surface area contributed by atoms with Crippen LogP contribution in [0.5, 0.6) is 0 Å². The zero-order valence-electron chi connectivity index (χ0n) is 21.3. The van der Waals surface area contributed by atoms with E-state index in [1.807, 2.05) is 0 Å². The molecule has 0 bridgehead atoms. The Morgan fingerprint density at radius 2 is 1.08 bits per heavy atom. The first kappa shape index (κ1) is 21.8. The van der Waals surface area contributed by atoms with Crippen molar-refractivity contribution in [2.45, 2.75) is 0 Å². The molecule has 1 aromatic heterocycles. The third-order valence-electron chi connectivity index (χ3n) is 7.81. The predicted molar refractivity (Wildman–Crippen MR) is 163 cm³/mol. The van der Waals surface area contributed by atoms with Gasteiger partial charge < -0.3 is 0 Å². The molecule has 182 valence electrons. The van der Waals surface area contributed by atoms with Crippen molar-refractivity contribution in [3.05, 3.63) is 152 Å². The third-order valence-corrected chi connectivity index (χ3v) is 7.81. The van der Waals surface area contributed by atoms with Crippen LogP contribution < -0.4 is 4.68 Å². The Kier molecular flexibility index (Phi) is 4.86. The second-order valence-corrected chi connectivity index (χ2v) is 10.1. The monoisotopic (exact) mass is 497 g/mol. The molecule has 2 heteroatoms. The van der Waals surface area contributed by atoms with Crippen LogP contribution in [0.15, 0.2) is 152 Å². The number of aromatic nitrogens is 2. The molecule has 0 aliphatic heterocycles. The molecule has 39 heavy (non-hydrogen) atoms. The standard InChI is InChI=1S/C37H25N2/c1-2-13-32(14-3-1)39-37-17-9-6-12-29(37)25-38(39)31-20-18-26(19-21-31)35-24-30-22-27-10-4-5-11-28(27)23-36(30)34-16-8-7-15-33(34)35/h1-25H/q+1. The first-order valence-electron chi connectivity index (χ1n) is 13.4. The van der Waals surface area contributed by atoms with Gasteiger partial charge in [0.25, 0.3) is 0 Å². The molecule has 1 heterocycles. The van der Waals surface area contributed by atoms with Crippen molar-refractivity contribution >= 4 is 43.2 Å². The summed E-state index contributed by atoms with van der Waals surface area (Å²) in [5.41, 5.74) is 5.91. The first-order valence-corrected chi connectivity index (χ1v) is 13.4. The van der Waals surface area contributed by atoms with Crippen molar-refractivity contribution in [1.82, 2.24) is 4.68 Å². The molecule has 0 aliphatic carbocycles. The van der Waals surface area contributed by atoms with E-state index < -0.39 is 0 Å². The molecule has 0 N–H and O–H groups in total. The van der Waals surface area contributed by atoms with Crippen molar-refractivity contribution in [2.24, 2.45) is 0 Å². The Balaban J connectivity index is 1.31. The van der Waals surface area contributed by atoms with Gasteiger partial charge in [-0.15, -0.1) is 4.68 Å². The maximum atomic E-state index is 2.35. The predicted octanol–water partition coefficient (Wildman–Crippen LogP) is 9.03. The van der Waals surface area contributed by atoms with Gasteiger partial charge in [0.05, 0.1) is 5.39 Å². The number of benzene rings is 7. The van der Waals surface area contributed by atoms with Gasteiger partial charge in [-0.25, -0.2) is 0 Å². The van der Waals surface area contributed by atoms with E-state index in [-0.39, 0.29) is 0 Å². The van der Waals surface area contributed by atoms with Gasteiger partial charge in [0, 0.05) is 12.1 Å². The summed E-state index contributed by atoms with van der Waals surface area (Å²) < 4.78 is 4.52. The minimum atomic E-state index is 1.12. The summed E-state index contributed by atoms with van der Waals surface area (Å²) in [7, 11) is 0. The van der Waals surface area contributed by atoms with Crippen LogP contribution >= 0.6 is 0 Å². The molecule has 8 aromatic rings. The molecule has 0 unspecified atom stereocenters. The van der Waals surface area contributed by atoms with E-state index in [4.69, 9.17) is 0 Å². The van der Waals surface area contributed by atoms with E-state index >= 15 is 0 Å². The average Bonchev–Trinajstić information content (AvgIpc) is 3.40. The lowest BCUT2D eigenvalue weighted by Gasteiger charge is -2.12. The lowest BCUT2D eigenvalue weighted by molar-refractivity contribution is -0.672. The summed E-state index contributed by atoms with van der Waals surface area (Å²) in [6.07, 6.45) is 2.22. The molecule has 0 amide bonds. The molecule has 2 nitrogen and oxygen atoms in total. The average molecular weight is 498 g/mol. The van der Waals surface area contributed by atoms with E-state index in [1.54, 1.807) is 0 Å². The van der Waals surface area contributed by atoms with Crippen molar-refractivity contribution < 1.29 is 4.68 Å². The van der Waals surface area contributed by atoms with E-state index in [0.717, 1.165) is 11.4 Å². The van der Waals surface area contributed by atoms with Crippen LogP contribution in [0.2, 0.25) is 0 Å². The van der Waals surface area contributed by atoms with E-state index in [0.29, 0.717) is 0 Å². The van der Waals surface area contributed by atoms with Crippen LogP contribution in [0.1, 0.15) is 0 Å². The van der Waals surface area contributed by atoms with Crippen LogP contribution in [0, 0.1) is 0 Å². The number of hydrogen-bond acceptors (Lipinski definition) is 0. The molecule has 0 saturated heterocycles. The maximum absolute atomic E-state index is 2.35. The molecular weight excluding hydrogens is 472 g/mol. The van der Waals surface area contributed by atoms with E-state index in [2.05, 4.69) is 161 Å². The summed E-state index contributed by atoms with van der Waals surface area (Å²) in [6, 6.07) is 52.5. The lowest BCUT2D eigenvalue weighted by atomic mass is 9.92. The van der Waals surface area contributed by atoms with Crippen molar-refractivity contribution in [1.29, 1.82) is 0 Å². The van der Waals surface area contributed by atoms with Crippen molar-refractivity contribution in [3.63, 3.8) is 0 Å². The van der Waals surface area contributed by atoms with Gasteiger partial charge in [-0.2, -0.15) is 0 Å². The Bertz CT molecular complexity index is 2150. The molecule has 0 saturated carbocycles. The zero-order chi connectivity index (χ0) is 25.8. The Morgan fingerprint density at radius 1 is 0.436 bits per heavy atom. The van der Waals surface area contributed by atoms with Crippen LogP contribution in [0.25, 0.3) is 65.7 Å². The summed E-state index contributed by atoms with van der Waals surface area (Å²) in [4.78, 5) is 0. The normalized spacial score (nSPS) is 11.6. The molecular formula is C37H25N2+. The van der Waals surface area contributed by atoms with E-state index in [9.17, 15) is 0 Å². The largest absolute Gasteiger partial charge is 0.236 e. The maximum Gasteiger partial charge on any atom is 0.236 e. The molecule has 0 aliphatic rings. The Labute approximate surface area is 226 Å². The second kappa shape index (κ2) is 8.68. The smallest absolute Gasteiger partial charge is 0.115 e. The minimum Gasteiger partial charge on any atom is -0.115 e. The van der Waals surface area contributed by atoms with Gasteiger partial charge in [-0.05, 0) is 98.0 Å². The SMILES string of the molecule is c1ccc(-n2c3ccccc3c[n+]2-c2ccc(-c3cc4cc5ccccc5cc4c4ccccc34)cc2)cc1.